The molecule has 2 nitrogen and oxygen atoms in total. The summed E-state index contributed by atoms with van der Waals surface area (Å²) in [5, 5.41) is 13.8. The zero-order valence-corrected chi connectivity index (χ0v) is 10.3. The third-order valence-electron chi connectivity index (χ3n) is 3.14. The van der Waals surface area contributed by atoms with Gasteiger partial charge in [0.1, 0.15) is 0 Å². The summed E-state index contributed by atoms with van der Waals surface area (Å²) >= 11 is 5.89. The van der Waals surface area contributed by atoms with Crippen LogP contribution >= 0.6 is 11.6 Å². The predicted molar refractivity (Wildman–Crippen MR) is 66.6 cm³/mol. The van der Waals surface area contributed by atoms with Crippen LogP contribution in [0.5, 0.6) is 0 Å². The van der Waals surface area contributed by atoms with Gasteiger partial charge in [-0.05, 0) is 48.9 Å². The number of rotatable bonds is 5. The second kappa shape index (κ2) is 5.17. The summed E-state index contributed by atoms with van der Waals surface area (Å²) in [5.74, 6) is 0.541. The molecular formula is C13H18ClNO. The van der Waals surface area contributed by atoms with Gasteiger partial charge in [-0.15, -0.1) is 0 Å². The molecule has 0 radical (unpaired) electrons. The molecule has 0 spiro atoms. The van der Waals surface area contributed by atoms with E-state index in [1.165, 1.54) is 24.0 Å². The van der Waals surface area contributed by atoms with Crippen molar-refractivity contribution >= 4 is 11.6 Å². The molecule has 2 rings (SSSR count). The Hall–Kier alpha value is -0.570. The third kappa shape index (κ3) is 3.21. The summed E-state index contributed by atoms with van der Waals surface area (Å²) in [5.41, 5.74) is 2.44. The fourth-order valence-electron chi connectivity index (χ4n) is 1.86. The van der Waals surface area contributed by atoms with Gasteiger partial charge >= 0.3 is 0 Å². The average molecular weight is 240 g/mol. The molecule has 1 atom stereocenters. The van der Waals surface area contributed by atoms with E-state index in [1.807, 2.05) is 18.2 Å². The Balaban J connectivity index is 1.80. The molecule has 16 heavy (non-hydrogen) atoms. The normalized spacial score (nSPS) is 17.4. The van der Waals surface area contributed by atoms with Crippen LogP contribution in [0.4, 0.5) is 0 Å². The Morgan fingerprint density at radius 2 is 2.25 bits per heavy atom. The monoisotopic (exact) mass is 239 g/mol. The van der Waals surface area contributed by atoms with Crippen LogP contribution in [0.3, 0.4) is 0 Å². The zero-order chi connectivity index (χ0) is 11.5. The number of aliphatic hydroxyl groups is 1. The second-order valence-corrected chi connectivity index (χ2v) is 5.04. The Bertz CT molecular complexity index is 363. The number of benzene rings is 1. The minimum atomic E-state index is -0.174. The molecule has 0 aliphatic heterocycles. The number of nitrogens with one attached hydrogen (secondary N) is 1. The molecule has 0 amide bonds. The molecule has 0 heterocycles. The molecule has 1 aromatic rings. The molecule has 1 fully saturated rings. The fourth-order valence-corrected chi connectivity index (χ4v) is 2.09. The van der Waals surface area contributed by atoms with Crippen molar-refractivity contribution in [2.45, 2.75) is 32.4 Å². The van der Waals surface area contributed by atoms with Crippen molar-refractivity contribution in [1.29, 1.82) is 0 Å². The highest BCUT2D eigenvalue weighted by Crippen LogP contribution is 2.32. The first-order valence-corrected chi connectivity index (χ1v) is 6.18. The SMILES string of the molecule is Cc1cc(Cl)ccc1CNCC(O)C1CC1. The number of hydrogen-bond acceptors (Lipinski definition) is 2. The minimum Gasteiger partial charge on any atom is -0.392 e. The van der Waals surface area contributed by atoms with Crippen LogP contribution in [0.15, 0.2) is 18.2 Å². The Morgan fingerprint density at radius 3 is 2.88 bits per heavy atom. The highest BCUT2D eigenvalue weighted by molar-refractivity contribution is 6.30. The first-order chi connectivity index (χ1) is 7.66. The molecule has 0 aromatic heterocycles. The number of hydrogen-bond donors (Lipinski definition) is 2. The van der Waals surface area contributed by atoms with E-state index in [0.29, 0.717) is 12.5 Å². The average Bonchev–Trinajstić information content (AvgIpc) is 3.04. The molecule has 1 aromatic carbocycles. The number of aliphatic hydroxyl groups excluding tert-OH is 1. The molecule has 1 unspecified atom stereocenters. The molecule has 3 heteroatoms. The lowest BCUT2D eigenvalue weighted by atomic mass is 10.1. The maximum absolute atomic E-state index is 9.70. The first kappa shape index (κ1) is 11.9. The van der Waals surface area contributed by atoms with E-state index in [2.05, 4.69) is 12.2 Å². The van der Waals surface area contributed by atoms with E-state index in [-0.39, 0.29) is 6.10 Å². The predicted octanol–water partition coefficient (Wildman–Crippen LogP) is 2.51. The Kier molecular flexibility index (Phi) is 3.85. The summed E-state index contributed by atoms with van der Waals surface area (Å²) in [7, 11) is 0. The molecular weight excluding hydrogens is 222 g/mol. The molecule has 1 aliphatic carbocycles. The maximum atomic E-state index is 9.70. The van der Waals surface area contributed by atoms with Gasteiger partial charge in [0.25, 0.3) is 0 Å². The highest BCUT2D eigenvalue weighted by atomic mass is 35.5. The van der Waals surface area contributed by atoms with E-state index in [4.69, 9.17) is 11.6 Å². The molecule has 1 aliphatic rings. The fraction of sp³-hybridized carbons (Fsp3) is 0.538. The minimum absolute atomic E-state index is 0.174. The number of halogens is 1. The third-order valence-corrected chi connectivity index (χ3v) is 3.37. The van der Waals surface area contributed by atoms with Crippen LogP contribution in [0.1, 0.15) is 24.0 Å². The number of aryl methyl sites for hydroxylation is 1. The van der Waals surface area contributed by atoms with E-state index >= 15 is 0 Å². The van der Waals surface area contributed by atoms with E-state index in [0.717, 1.165) is 11.6 Å². The topological polar surface area (TPSA) is 32.3 Å². The van der Waals surface area contributed by atoms with Gasteiger partial charge in [-0.2, -0.15) is 0 Å². The Morgan fingerprint density at radius 1 is 1.50 bits per heavy atom. The van der Waals surface area contributed by atoms with Crippen LogP contribution < -0.4 is 5.32 Å². The van der Waals surface area contributed by atoms with E-state index in [1.54, 1.807) is 0 Å². The lowest BCUT2D eigenvalue weighted by Crippen LogP contribution is -2.28. The quantitative estimate of drug-likeness (QED) is 0.828. The molecule has 2 N–H and O–H groups in total. The zero-order valence-electron chi connectivity index (χ0n) is 9.54. The van der Waals surface area contributed by atoms with Gasteiger partial charge in [0.2, 0.25) is 0 Å². The van der Waals surface area contributed by atoms with Crippen LogP contribution in [0.2, 0.25) is 5.02 Å². The van der Waals surface area contributed by atoms with Crippen molar-refractivity contribution in [3.63, 3.8) is 0 Å². The van der Waals surface area contributed by atoms with Gasteiger partial charge < -0.3 is 10.4 Å². The second-order valence-electron chi connectivity index (χ2n) is 4.61. The van der Waals surface area contributed by atoms with Crippen LogP contribution in [0, 0.1) is 12.8 Å². The lowest BCUT2D eigenvalue weighted by molar-refractivity contribution is 0.148. The summed E-state index contributed by atoms with van der Waals surface area (Å²) in [6, 6.07) is 5.91. The lowest BCUT2D eigenvalue weighted by Gasteiger charge is -2.12. The highest BCUT2D eigenvalue weighted by Gasteiger charge is 2.28. The van der Waals surface area contributed by atoms with Gasteiger partial charge in [-0.3, -0.25) is 0 Å². The molecule has 88 valence electrons. The standard InChI is InChI=1S/C13H18ClNO/c1-9-6-12(14)5-4-11(9)7-15-8-13(16)10-2-3-10/h4-6,10,13,15-16H,2-3,7-8H2,1H3. The van der Waals surface area contributed by atoms with Crippen molar-refractivity contribution in [2.24, 2.45) is 5.92 Å². The smallest absolute Gasteiger partial charge is 0.0692 e. The summed E-state index contributed by atoms with van der Waals surface area (Å²) in [6.45, 7) is 3.54. The van der Waals surface area contributed by atoms with E-state index < -0.39 is 0 Å². The van der Waals surface area contributed by atoms with Gasteiger partial charge in [0, 0.05) is 18.1 Å². The first-order valence-electron chi connectivity index (χ1n) is 5.80. The molecule has 1 saturated carbocycles. The van der Waals surface area contributed by atoms with Gasteiger partial charge in [0.15, 0.2) is 0 Å². The molecule has 0 saturated heterocycles. The largest absolute Gasteiger partial charge is 0.392 e. The summed E-state index contributed by atoms with van der Waals surface area (Å²) in [6.07, 6.45) is 2.19. The van der Waals surface area contributed by atoms with Crippen LogP contribution in [-0.4, -0.2) is 17.8 Å². The Labute approximate surface area is 102 Å². The van der Waals surface area contributed by atoms with Crippen LogP contribution in [0.25, 0.3) is 0 Å². The summed E-state index contributed by atoms with van der Waals surface area (Å²) < 4.78 is 0. The van der Waals surface area contributed by atoms with Crippen molar-refractivity contribution < 1.29 is 5.11 Å². The van der Waals surface area contributed by atoms with Crippen molar-refractivity contribution in [2.75, 3.05) is 6.54 Å². The van der Waals surface area contributed by atoms with Gasteiger partial charge in [-0.25, -0.2) is 0 Å². The van der Waals surface area contributed by atoms with Crippen molar-refractivity contribution in [3.8, 4) is 0 Å². The van der Waals surface area contributed by atoms with Gasteiger partial charge in [0.05, 0.1) is 6.10 Å². The molecule has 0 bridgehead atoms. The van der Waals surface area contributed by atoms with Crippen molar-refractivity contribution in [3.05, 3.63) is 34.3 Å². The summed E-state index contributed by atoms with van der Waals surface area (Å²) in [4.78, 5) is 0. The maximum Gasteiger partial charge on any atom is 0.0692 e. The van der Waals surface area contributed by atoms with Crippen LogP contribution in [-0.2, 0) is 6.54 Å². The van der Waals surface area contributed by atoms with Crippen molar-refractivity contribution in [1.82, 2.24) is 5.32 Å². The van der Waals surface area contributed by atoms with Gasteiger partial charge in [-0.1, -0.05) is 17.7 Å². The van der Waals surface area contributed by atoms with E-state index in [9.17, 15) is 5.11 Å².